The minimum absolute atomic E-state index is 0.244. The van der Waals surface area contributed by atoms with E-state index in [9.17, 15) is 4.79 Å². The SMILES string of the molecule is CC1=C(CC(N)=O)c2cc(CC(C)C)ccc2C1. The van der Waals surface area contributed by atoms with E-state index in [0.717, 1.165) is 18.4 Å². The number of rotatable bonds is 4. The molecule has 1 aromatic rings. The molecule has 18 heavy (non-hydrogen) atoms. The molecule has 1 aliphatic carbocycles. The molecule has 0 aliphatic heterocycles. The Bertz CT molecular complexity index is 512. The van der Waals surface area contributed by atoms with Crippen molar-refractivity contribution in [2.45, 2.75) is 40.0 Å². The Hall–Kier alpha value is -1.57. The molecule has 1 aromatic carbocycles. The molecule has 2 nitrogen and oxygen atoms in total. The molecule has 96 valence electrons. The number of allylic oxidation sites excluding steroid dienone is 1. The minimum atomic E-state index is -0.244. The van der Waals surface area contributed by atoms with Gasteiger partial charge in [0.1, 0.15) is 0 Å². The zero-order valence-corrected chi connectivity index (χ0v) is 11.4. The zero-order valence-electron chi connectivity index (χ0n) is 11.4. The van der Waals surface area contributed by atoms with Gasteiger partial charge in [-0.15, -0.1) is 0 Å². The van der Waals surface area contributed by atoms with Crippen molar-refractivity contribution < 1.29 is 4.79 Å². The summed E-state index contributed by atoms with van der Waals surface area (Å²) in [4.78, 5) is 11.2. The van der Waals surface area contributed by atoms with Gasteiger partial charge in [-0.05, 0) is 47.9 Å². The molecule has 0 spiro atoms. The molecule has 0 radical (unpaired) electrons. The lowest BCUT2D eigenvalue weighted by molar-refractivity contribution is -0.117. The first kappa shape index (κ1) is 12.9. The van der Waals surface area contributed by atoms with Crippen LogP contribution in [0.3, 0.4) is 0 Å². The predicted octanol–water partition coefficient (Wildman–Crippen LogP) is 3.09. The second-order valence-electron chi connectivity index (χ2n) is 5.67. The lowest BCUT2D eigenvalue weighted by Gasteiger charge is -2.09. The van der Waals surface area contributed by atoms with Gasteiger partial charge >= 0.3 is 0 Å². The highest BCUT2D eigenvalue weighted by Crippen LogP contribution is 2.35. The Morgan fingerprint density at radius 3 is 2.72 bits per heavy atom. The summed E-state index contributed by atoms with van der Waals surface area (Å²) in [6, 6.07) is 6.65. The lowest BCUT2D eigenvalue weighted by atomic mass is 9.96. The normalized spacial score (nSPS) is 14.2. The summed E-state index contributed by atoms with van der Waals surface area (Å²) < 4.78 is 0. The van der Waals surface area contributed by atoms with Crippen LogP contribution in [0.1, 0.15) is 43.9 Å². The van der Waals surface area contributed by atoms with Gasteiger partial charge in [0.05, 0.1) is 6.42 Å². The van der Waals surface area contributed by atoms with E-state index in [2.05, 4.69) is 39.0 Å². The maximum Gasteiger partial charge on any atom is 0.221 e. The van der Waals surface area contributed by atoms with Crippen molar-refractivity contribution in [2.24, 2.45) is 11.7 Å². The van der Waals surface area contributed by atoms with E-state index in [1.54, 1.807) is 0 Å². The van der Waals surface area contributed by atoms with Gasteiger partial charge in [-0.25, -0.2) is 0 Å². The first-order chi connectivity index (χ1) is 8.47. The van der Waals surface area contributed by atoms with Crippen molar-refractivity contribution in [3.05, 3.63) is 40.5 Å². The van der Waals surface area contributed by atoms with Gasteiger partial charge in [0.25, 0.3) is 0 Å². The van der Waals surface area contributed by atoms with E-state index in [0.29, 0.717) is 12.3 Å². The Kier molecular flexibility index (Phi) is 3.55. The molecule has 0 bridgehead atoms. The number of nitrogens with two attached hydrogens (primary N) is 1. The fourth-order valence-electron chi connectivity index (χ4n) is 2.70. The number of hydrogen-bond acceptors (Lipinski definition) is 1. The van der Waals surface area contributed by atoms with E-state index >= 15 is 0 Å². The maximum atomic E-state index is 11.2. The molecule has 1 aliphatic rings. The van der Waals surface area contributed by atoms with Crippen molar-refractivity contribution in [3.8, 4) is 0 Å². The Morgan fingerprint density at radius 1 is 1.39 bits per heavy atom. The third-order valence-electron chi connectivity index (χ3n) is 3.47. The number of carbonyl (C=O) groups is 1. The molecule has 0 atom stereocenters. The van der Waals surface area contributed by atoms with E-state index < -0.39 is 0 Å². The Morgan fingerprint density at radius 2 is 2.11 bits per heavy atom. The summed E-state index contributed by atoms with van der Waals surface area (Å²) in [5, 5.41) is 0. The van der Waals surface area contributed by atoms with Gasteiger partial charge in [0.2, 0.25) is 5.91 Å². The number of amides is 1. The molecule has 0 heterocycles. The standard InChI is InChI=1S/C16H21NO/c1-10(2)6-12-4-5-13-7-11(3)14(9-16(17)18)15(13)8-12/h4-5,8,10H,6-7,9H2,1-3H3,(H2,17,18). The monoisotopic (exact) mass is 243 g/mol. The number of carbonyl (C=O) groups excluding carboxylic acids is 1. The van der Waals surface area contributed by atoms with Gasteiger partial charge < -0.3 is 5.73 Å². The molecule has 1 amide bonds. The largest absolute Gasteiger partial charge is 0.369 e. The first-order valence-corrected chi connectivity index (χ1v) is 6.56. The quantitative estimate of drug-likeness (QED) is 0.867. The summed E-state index contributed by atoms with van der Waals surface area (Å²) in [7, 11) is 0. The molecule has 0 unspecified atom stereocenters. The van der Waals surface area contributed by atoms with Crippen LogP contribution in [0.2, 0.25) is 0 Å². The molecule has 0 saturated carbocycles. The van der Waals surface area contributed by atoms with Crippen molar-refractivity contribution in [3.63, 3.8) is 0 Å². The molecular formula is C16H21NO. The molecular weight excluding hydrogens is 222 g/mol. The average molecular weight is 243 g/mol. The van der Waals surface area contributed by atoms with Crippen molar-refractivity contribution in [1.29, 1.82) is 0 Å². The lowest BCUT2D eigenvalue weighted by Crippen LogP contribution is -2.11. The highest BCUT2D eigenvalue weighted by molar-refractivity contribution is 5.91. The number of fused-ring (bicyclic) bond motifs is 1. The zero-order chi connectivity index (χ0) is 13.3. The van der Waals surface area contributed by atoms with Crippen LogP contribution >= 0.6 is 0 Å². The van der Waals surface area contributed by atoms with Crippen molar-refractivity contribution in [1.82, 2.24) is 0 Å². The van der Waals surface area contributed by atoms with Crippen LogP contribution in [0.25, 0.3) is 5.57 Å². The number of primary amides is 1. The van der Waals surface area contributed by atoms with Gasteiger partial charge in [0.15, 0.2) is 0 Å². The number of benzene rings is 1. The summed E-state index contributed by atoms with van der Waals surface area (Å²) in [6.07, 6.45) is 2.40. The van der Waals surface area contributed by atoms with Gasteiger partial charge in [-0.3, -0.25) is 4.79 Å². The fraction of sp³-hybridized carbons (Fsp3) is 0.438. The molecule has 2 heteroatoms. The topological polar surface area (TPSA) is 43.1 Å². The van der Waals surface area contributed by atoms with Crippen LogP contribution in [0.15, 0.2) is 23.8 Å². The van der Waals surface area contributed by atoms with Crippen LogP contribution in [0.5, 0.6) is 0 Å². The van der Waals surface area contributed by atoms with E-state index in [1.165, 1.54) is 22.3 Å². The third kappa shape index (κ3) is 2.63. The molecule has 0 saturated heterocycles. The molecule has 0 aromatic heterocycles. The minimum Gasteiger partial charge on any atom is -0.369 e. The summed E-state index contributed by atoms with van der Waals surface area (Å²) >= 11 is 0. The van der Waals surface area contributed by atoms with Crippen LogP contribution in [0, 0.1) is 5.92 Å². The van der Waals surface area contributed by atoms with Crippen molar-refractivity contribution >= 4 is 11.5 Å². The van der Waals surface area contributed by atoms with Gasteiger partial charge in [-0.1, -0.05) is 37.6 Å². The fourth-order valence-corrected chi connectivity index (χ4v) is 2.70. The number of hydrogen-bond donors (Lipinski definition) is 1. The van der Waals surface area contributed by atoms with E-state index in [1.807, 2.05) is 0 Å². The molecule has 0 fully saturated rings. The van der Waals surface area contributed by atoms with Crippen LogP contribution < -0.4 is 5.73 Å². The van der Waals surface area contributed by atoms with E-state index in [4.69, 9.17) is 5.73 Å². The third-order valence-corrected chi connectivity index (χ3v) is 3.47. The van der Waals surface area contributed by atoms with Crippen LogP contribution in [-0.2, 0) is 17.6 Å². The first-order valence-electron chi connectivity index (χ1n) is 6.56. The predicted molar refractivity (Wildman–Crippen MR) is 75.1 cm³/mol. The van der Waals surface area contributed by atoms with Crippen LogP contribution in [0.4, 0.5) is 0 Å². The second-order valence-corrected chi connectivity index (χ2v) is 5.67. The summed E-state index contributed by atoms with van der Waals surface area (Å²) in [6.45, 7) is 6.54. The Balaban J connectivity index is 2.34. The highest BCUT2D eigenvalue weighted by atomic mass is 16.1. The Labute approximate surface area is 109 Å². The maximum absolute atomic E-state index is 11.2. The van der Waals surface area contributed by atoms with Gasteiger partial charge in [0, 0.05) is 0 Å². The second kappa shape index (κ2) is 4.97. The van der Waals surface area contributed by atoms with Crippen molar-refractivity contribution in [2.75, 3.05) is 0 Å². The van der Waals surface area contributed by atoms with Crippen LogP contribution in [-0.4, -0.2) is 5.91 Å². The summed E-state index contributed by atoms with van der Waals surface area (Å²) in [5.74, 6) is 0.403. The van der Waals surface area contributed by atoms with Gasteiger partial charge in [-0.2, -0.15) is 0 Å². The highest BCUT2D eigenvalue weighted by Gasteiger charge is 2.20. The molecule has 2 rings (SSSR count). The van der Waals surface area contributed by atoms with E-state index in [-0.39, 0.29) is 5.91 Å². The summed E-state index contributed by atoms with van der Waals surface area (Å²) in [5.41, 5.74) is 11.7. The average Bonchev–Trinajstić information content (AvgIpc) is 2.54. The smallest absolute Gasteiger partial charge is 0.221 e. The molecule has 2 N–H and O–H groups in total.